The highest BCUT2D eigenvalue weighted by Crippen LogP contribution is 2.18. The summed E-state index contributed by atoms with van der Waals surface area (Å²) in [6, 6.07) is 3.26. The summed E-state index contributed by atoms with van der Waals surface area (Å²) in [5.41, 5.74) is 0.606. The van der Waals surface area contributed by atoms with Crippen LogP contribution in [0.2, 0.25) is 5.15 Å². The summed E-state index contributed by atoms with van der Waals surface area (Å²) in [4.78, 5) is 3.49. The standard InChI is InChI=1S/C8H9ClFN/c1-5(2)6-3-4-7(9)11-8(6)10/h3-5H,1-2H3. The second kappa shape index (κ2) is 3.18. The van der Waals surface area contributed by atoms with E-state index >= 15 is 0 Å². The van der Waals surface area contributed by atoms with Crippen molar-refractivity contribution in [1.82, 2.24) is 4.98 Å². The van der Waals surface area contributed by atoms with Gasteiger partial charge in [0.1, 0.15) is 5.15 Å². The Morgan fingerprint density at radius 3 is 2.55 bits per heavy atom. The Hall–Kier alpha value is -0.630. The van der Waals surface area contributed by atoms with E-state index in [4.69, 9.17) is 11.6 Å². The van der Waals surface area contributed by atoms with Crippen LogP contribution in [0.4, 0.5) is 4.39 Å². The number of hydrogen-bond donors (Lipinski definition) is 0. The minimum Gasteiger partial charge on any atom is -0.208 e. The molecule has 0 saturated carbocycles. The van der Waals surface area contributed by atoms with Crippen molar-refractivity contribution in [3.8, 4) is 0 Å². The largest absolute Gasteiger partial charge is 0.217 e. The molecule has 0 fully saturated rings. The van der Waals surface area contributed by atoms with Crippen LogP contribution in [0.5, 0.6) is 0 Å². The van der Waals surface area contributed by atoms with Gasteiger partial charge in [-0.15, -0.1) is 0 Å². The fourth-order valence-corrected chi connectivity index (χ4v) is 0.991. The fraction of sp³-hybridized carbons (Fsp3) is 0.375. The molecule has 1 aromatic rings. The molecule has 0 N–H and O–H groups in total. The zero-order valence-electron chi connectivity index (χ0n) is 6.44. The van der Waals surface area contributed by atoms with Gasteiger partial charge in [0.2, 0.25) is 5.95 Å². The normalized spacial score (nSPS) is 10.6. The molecule has 0 aromatic carbocycles. The predicted molar refractivity (Wildman–Crippen MR) is 43.3 cm³/mol. The molecule has 60 valence electrons. The summed E-state index contributed by atoms with van der Waals surface area (Å²) in [6.07, 6.45) is 0. The van der Waals surface area contributed by atoms with Crippen LogP contribution in [0.3, 0.4) is 0 Å². The number of hydrogen-bond acceptors (Lipinski definition) is 1. The van der Waals surface area contributed by atoms with Crippen LogP contribution in [-0.2, 0) is 0 Å². The third-order valence-corrected chi connectivity index (χ3v) is 1.68. The van der Waals surface area contributed by atoms with Gasteiger partial charge in [-0.25, -0.2) is 4.98 Å². The van der Waals surface area contributed by atoms with Crippen molar-refractivity contribution in [2.24, 2.45) is 0 Å². The quantitative estimate of drug-likeness (QED) is 0.595. The summed E-state index contributed by atoms with van der Waals surface area (Å²) >= 11 is 5.47. The molecule has 0 radical (unpaired) electrons. The zero-order valence-corrected chi connectivity index (χ0v) is 7.19. The third kappa shape index (κ3) is 1.90. The first-order chi connectivity index (χ1) is 5.11. The minimum absolute atomic E-state index is 0.153. The minimum atomic E-state index is -0.465. The molecule has 3 heteroatoms. The molecule has 0 amide bonds. The van der Waals surface area contributed by atoms with E-state index in [1.165, 1.54) is 0 Å². The molecule has 0 aliphatic carbocycles. The van der Waals surface area contributed by atoms with Crippen molar-refractivity contribution in [1.29, 1.82) is 0 Å². The second-order valence-corrected chi connectivity index (χ2v) is 3.06. The van der Waals surface area contributed by atoms with Crippen LogP contribution >= 0.6 is 11.6 Å². The van der Waals surface area contributed by atoms with Crippen LogP contribution in [0.25, 0.3) is 0 Å². The number of halogens is 2. The van der Waals surface area contributed by atoms with Crippen LogP contribution in [0.1, 0.15) is 25.3 Å². The average Bonchev–Trinajstić information content (AvgIpc) is 1.85. The molecule has 0 saturated heterocycles. The Balaban J connectivity index is 3.09. The number of nitrogens with zero attached hydrogens (tertiary/aromatic N) is 1. The Morgan fingerprint density at radius 2 is 2.09 bits per heavy atom. The van der Waals surface area contributed by atoms with E-state index in [0.29, 0.717) is 5.56 Å². The molecule has 11 heavy (non-hydrogen) atoms. The fourth-order valence-electron chi connectivity index (χ4n) is 0.854. The summed E-state index contributed by atoms with van der Waals surface area (Å²) in [6.45, 7) is 3.82. The predicted octanol–water partition coefficient (Wildman–Crippen LogP) is 3.00. The second-order valence-electron chi connectivity index (χ2n) is 2.67. The van der Waals surface area contributed by atoms with Gasteiger partial charge < -0.3 is 0 Å². The van der Waals surface area contributed by atoms with Gasteiger partial charge in [-0.05, 0) is 12.0 Å². The van der Waals surface area contributed by atoms with E-state index in [9.17, 15) is 4.39 Å². The lowest BCUT2D eigenvalue weighted by Crippen LogP contribution is -1.95. The molecule has 0 bridgehead atoms. The van der Waals surface area contributed by atoms with Crippen molar-refractivity contribution in [3.05, 3.63) is 28.8 Å². The highest BCUT2D eigenvalue weighted by Gasteiger charge is 2.07. The Bertz CT molecular complexity index is 260. The van der Waals surface area contributed by atoms with Gasteiger partial charge in [0.15, 0.2) is 0 Å². The molecular weight excluding hydrogens is 165 g/mol. The highest BCUT2D eigenvalue weighted by atomic mass is 35.5. The van der Waals surface area contributed by atoms with E-state index in [1.807, 2.05) is 13.8 Å². The number of pyridine rings is 1. The first kappa shape index (κ1) is 8.47. The molecule has 1 rings (SSSR count). The number of rotatable bonds is 1. The van der Waals surface area contributed by atoms with Crippen LogP contribution in [-0.4, -0.2) is 4.98 Å². The van der Waals surface area contributed by atoms with E-state index in [-0.39, 0.29) is 11.1 Å². The SMILES string of the molecule is CC(C)c1ccc(Cl)nc1F. The van der Waals surface area contributed by atoms with Gasteiger partial charge in [0.05, 0.1) is 0 Å². The van der Waals surface area contributed by atoms with Crippen molar-refractivity contribution in [3.63, 3.8) is 0 Å². The summed E-state index contributed by atoms with van der Waals surface area (Å²) in [5.74, 6) is -0.313. The van der Waals surface area contributed by atoms with Gasteiger partial charge in [-0.2, -0.15) is 4.39 Å². The van der Waals surface area contributed by atoms with Crippen molar-refractivity contribution in [2.75, 3.05) is 0 Å². The first-order valence-electron chi connectivity index (χ1n) is 3.43. The van der Waals surface area contributed by atoms with E-state index in [0.717, 1.165) is 0 Å². The lowest BCUT2D eigenvalue weighted by atomic mass is 10.1. The van der Waals surface area contributed by atoms with Crippen molar-refractivity contribution < 1.29 is 4.39 Å². The maximum Gasteiger partial charge on any atom is 0.217 e. The van der Waals surface area contributed by atoms with Gasteiger partial charge in [0, 0.05) is 5.56 Å². The van der Waals surface area contributed by atoms with Crippen LogP contribution in [0.15, 0.2) is 12.1 Å². The molecule has 0 aliphatic heterocycles. The lowest BCUT2D eigenvalue weighted by molar-refractivity contribution is 0.557. The molecule has 0 unspecified atom stereocenters. The lowest BCUT2D eigenvalue weighted by Gasteiger charge is -2.04. The van der Waals surface area contributed by atoms with Gasteiger partial charge in [0.25, 0.3) is 0 Å². The Morgan fingerprint density at radius 1 is 1.45 bits per heavy atom. The van der Waals surface area contributed by atoms with E-state index < -0.39 is 5.95 Å². The number of aromatic nitrogens is 1. The van der Waals surface area contributed by atoms with Crippen molar-refractivity contribution in [2.45, 2.75) is 19.8 Å². The molecular formula is C8H9ClFN. The summed E-state index contributed by atoms with van der Waals surface area (Å²) in [5, 5.41) is 0.201. The molecule has 1 heterocycles. The maximum atomic E-state index is 12.9. The average molecular weight is 174 g/mol. The van der Waals surface area contributed by atoms with Crippen LogP contribution in [0, 0.1) is 5.95 Å². The molecule has 1 aromatic heterocycles. The summed E-state index contributed by atoms with van der Waals surface area (Å²) in [7, 11) is 0. The zero-order chi connectivity index (χ0) is 8.43. The monoisotopic (exact) mass is 173 g/mol. The summed E-state index contributed by atoms with van der Waals surface area (Å²) < 4.78 is 12.9. The Labute approximate surface area is 70.2 Å². The third-order valence-electron chi connectivity index (χ3n) is 1.47. The molecule has 0 aliphatic rings. The van der Waals surface area contributed by atoms with E-state index in [2.05, 4.69) is 4.98 Å². The van der Waals surface area contributed by atoms with Gasteiger partial charge in [-0.3, -0.25) is 0 Å². The first-order valence-corrected chi connectivity index (χ1v) is 3.81. The highest BCUT2D eigenvalue weighted by molar-refractivity contribution is 6.29. The topological polar surface area (TPSA) is 12.9 Å². The molecule has 0 atom stereocenters. The van der Waals surface area contributed by atoms with Gasteiger partial charge >= 0.3 is 0 Å². The maximum absolute atomic E-state index is 12.9. The molecule has 0 spiro atoms. The van der Waals surface area contributed by atoms with E-state index in [1.54, 1.807) is 12.1 Å². The molecule has 1 nitrogen and oxygen atoms in total. The smallest absolute Gasteiger partial charge is 0.208 e. The van der Waals surface area contributed by atoms with Gasteiger partial charge in [-0.1, -0.05) is 31.5 Å². The Kier molecular flexibility index (Phi) is 2.45. The van der Waals surface area contributed by atoms with Crippen molar-refractivity contribution >= 4 is 11.6 Å². The van der Waals surface area contributed by atoms with Crippen LogP contribution < -0.4 is 0 Å².